The molecule has 1 saturated heterocycles. The molecule has 1 aliphatic rings. The van der Waals surface area contributed by atoms with Crippen LogP contribution in [0.5, 0.6) is 0 Å². The first kappa shape index (κ1) is 31.1. The lowest BCUT2D eigenvalue weighted by Gasteiger charge is -2.29. The third-order valence-corrected chi connectivity index (χ3v) is 6.74. The largest absolute Gasteiger partial charge is 0.343 e. The van der Waals surface area contributed by atoms with Crippen molar-refractivity contribution in [3.63, 3.8) is 0 Å². The topological polar surface area (TPSA) is 146 Å². The van der Waals surface area contributed by atoms with E-state index < -0.39 is 59.7 Å². The molecule has 0 spiro atoms. The van der Waals surface area contributed by atoms with Crippen LogP contribution in [-0.4, -0.2) is 71.3 Å². The molecular weight excluding hydrogens is 490 g/mol. The normalized spacial score (nSPS) is 28.3. The summed E-state index contributed by atoms with van der Waals surface area (Å²) in [5.74, 6) is -3.30. The minimum Gasteiger partial charge on any atom is -0.343 e. The maximum Gasteiger partial charge on any atom is 0.244 e. The summed E-state index contributed by atoms with van der Waals surface area (Å²) in [6.07, 6.45) is 0.927. The van der Waals surface area contributed by atoms with Crippen LogP contribution in [0.15, 0.2) is 0 Å². The third kappa shape index (κ3) is 9.21. The van der Waals surface area contributed by atoms with E-state index in [1.54, 1.807) is 13.8 Å². The number of hydrogen-bond donors (Lipinski definition) is 7. The van der Waals surface area contributed by atoms with Crippen molar-refractivity contribution >= 4 is 54.8 Å². The molecule has 0 aromatic rings. The van der Waals surface area contributed by atoms with Crippen molar-refractivity contribution in [1.29, 1.82) is 0 Å². The van der Waals surface area contributed by atoms with Crippen molar-refractivity contribution in [3.8, 4) is 0 Å². The Morgan fingerprint density at radius 1 is 0.629 bits per heavy atom. The van der Waals surface area contributed by atoms with E-state index in [0.717, 1.165) is 0 Å². The zero-order valence-electron chi connectivity index (χ0n) is 21.4. The second-order valence-corrected chi connectivity index (χ2v) is 10.5. The Labute approximate surface area is 219 Å². The molecule has 0 radical (unpaired) electrons. The molecule has 0 aromatic carbocycles. The molecule has 6 atom stereocenters. The van der Waals surface area contributed by atoms with Gasteiger partial charge >= 0.3 is 0 Å². The molecule has 10 nitrogen and oxygen atoms in total. The highest BCUT2D eigenvalue weighted by Gasteiger charge is 2.36. The molecule has 200 valence electrons. The fourth-order valence-electron chi connectivity index (χ4n) is 3.63. The number of rotatable bonds is 7. The van der Waals surface area contributed by atoms with Crippen molar-refractivity contribution in [2.75, 3.05) is 11.5 Å². The minimum atomic E-state index is -1.04. The van der Waals surface area contributed by atoms with Gasteiger partial charge < -0.3 is 26.6 Å². The van der Waals surface area contributed by atoms with E-state index >= 15 is 0 Å². The minimum absolute atomic E-state index is 0.0235. The van der Waals surface area contributed by atoms with Gasteiger partial charge in [-0.1, -0.05) is 48.0 Å². The fourth-order valence-corrected chi connectivity index (χ4v) is 4.15. The van der Waals surface area contributed by atoms with Crippen molar-refractivity contribution in [2.24, 2.45) is 17.8 Å². The first-order chi connectivity index (χ1) is 16.4. The van der Waals surface area contributed by atoms with Crippen LogP contribution < -0.4 is 26.6 Å². The van der Waals surface area contributed by atoms with Gasteiger partial charge in [0.25, 0.3) is 0 Å². The second-order valence-electron chi connectivity index (χ2n) is 9.78. The average Bonchev–Trinajstić information content (AvgIpc) is 2.79. The van der Waals surface area contributed by atoms with Gasteiger partial charge in [0, 0.05) is 11.5 Å². The van der Waals surface area contributed by atoms with Crippen molar-refractivity contribution in [2.45, 2.75) is 84.6 Å². The van der Waals surface area contributed by atoms with Crippen LogP contribution in [0, 0.1) is 17.8 Å². The highest BCUT2D eigenvalue weighted by Crippen LogP contribution is 2.13. The molecule has 0 aliphatic carbocycles. The molecule has 1 heterocycles. The Bertz CT molecular complexity index is 779. The van der Waals surface area contributed by atoms with Crippen molar-refractivity contribution in [3.05, 3.63) is 0 Å². The van der Waals surface area contributed by atoms with Gasteiger partial charge in [0.1, 0.15) is 30.2 Å². The number of amides is 5. The predicted molar refractivity (Wildman–Crippen MR) is 141 cm³/mol. The third-order valence-electron chi connectivity index (χ3n) is 6.01. The Morgan fingerprint density at radius 2 is 1.03 bits per heavy atom. The molecule has 1 aliphatic heterocycles. The van der Waals surface area contributed by atoms with Crippen LogP contribution in [0.1, 0.15) is 54.4 Å². The van der Waals surface area contributed by atoms with Crippen LogP contribution in [0.25, 0.3) is 0 Å². The first-order valence-electron chi connectivity index (χ1n) is 12.1. The van der Waals surface area contributed by atoms with Gasteiger partial charge in [0.2, 0.25) is 29.5 Å². The number of thiol groups is 2. The Balaban J connectivity index is 3.49. The van der Waals surface area contributed by atoms with E-state index in [1.165, 1.54) is 0 Å². The van der Waals surface area contributed by atoms with Gasteiger partial charge in [0.15, 0.2) is 0 Å². The lowest BCUT2D eigenvalue weighted by Crippen LogP contribution is -2.59. The summed E-state index contributed by atoms with van der Waals surface area (Å²) < 4.78 is 0. The first-order valence-corrected chi connectivity index (χ1v) is 13.4. The lowest BCUT2D eigenvalue weighted by atomic mass is 9.96. The standard InChI is InChI=1S/C23H41N5O5S2/c1-7-13(6)18-23(33)26-15(9-34)20(30)25-16(10-35)21(31)27-17(12(4)5)22(32)24-14(8-11(2)3)19(29)28-18/h11-18,34-35H,7-10H2,1-6H3,(H,24,32)(H,25,30)(H,26,33)(H,27,31)(H,28,29)/t13-,14+,15+,16+,17-,18-/m0/s1. The monoisotopic (exact) mass is 531 g/mol. The Hall–Kier alpha value is -1.95. The van der Waals surface area contributed by atoms with Gasteiger partial charge in [-0.2, -0.15) is 25.3 Å². The summed E-state index contributed by atoms with van der Waals surface area (Å²) in [4.78, 5) is 65.3. The lowest BCUT2D eigenvalue weighted by molar-refractivity contribution is -0.135. The van der Waals surface area contributed by atoms with Gasteiger partial charge in [0.05, 0.1) is 0 Å². The molecule has 12 heteroatoms. The Kier molecular flexibility index (Phi) is 12.9. The Morgan fingerprint density at radius 3 is 1.49 bits per heavy atom. The van der Waals surface area contributed by atoms with Gasteiger partial charge in [-0.05, 0) is 24.2 Å². The molecule has 0 bridgehead atoms. The molecule has 5 N–H and O–H groups in total. The van der Waals surface area contributed by atoms with Crippen molar-refractivity contribution in [1.82, 2.24) is 26.6 Å². The summed E-state index contributed by atoms with van der Waals surface area (Å²) in [5.41, 5.74) is 0. The van der Waals surface area contributed by atoms with Gasteiger partial charge in [-0.25, -0.2) is 0 Å². The zero-order valence-corrected chi connectivity index (χ0v) is 23.2. The zero-order chi connectivity index (χ0) is 26.9. The summed E-state index contributed by atoms with van der Waals surface area (Å²) in [7, 11) is 0. The summed E-state index contributed by atoms with van der Waals surface area (Å²) in [6.45, 7) is 11.1. The molecule has 5 amide bonds. The molecule has 1 rings (SSSR count). The molecule has 0 saturated carbocycles. The van der Waals surface area contributed by atoms with E-state index in [1.807, 2.05) is 27.7 Å². The maximum absolute atomic E-state index is 13.3. The summed E-state index contributed by atoms with van der Waals surface area (Å²) in [5, 5.41) is 13.4. The number of carbonyl (C=O) groups excluding carboxylic acids is 5. The maximum atomic E-state index is 13.3. The molecule has 0 aromatic heterocycles. The van der Waals surface area contributed by atoms with Crippen LogP contribution in [0.3, 0.4) is 0 Å². The van der Waals surface area contributed by atoms with Crippen molar-refractivity contribution < 1.29 is 24.0 Å². The molecule has 1 fully saturated rings. The van der Waals surface area contributed by atoms with Gasteiger partial charge in [-0.3, -0.25) is 24.0 Å². The molecule has 0 unspecified atom stereocenters. The van der Waals surface area contributed by atoms with Crippen LogP contribution in [0.2, 0.25) is 0 Å². The quantitative estimate of drug-likeness (QED) is 0.232. The van der Waals surface area contributed by atoms with E-state index in [0.29, 0.717) is 12.8 Å². The summed E-state index contributed by atoms with van der Waals surface area (Å²) in [6, 6.07) is -4.87. The summed E-state index contributed by atoms with van der Waals surface area (Å²) >= 11 is 8.36. The molecular formula is C23H41N5O5S2. The average molecular weight is 532 g/mol. The smallest absolute Gasteiger partial charge is 0.244 e. The van der Waals surface area contributed by atoms with E-state index in [2.05, 4.69) is 51.8 Å². The highest BCUT2D eigenvalue weighted by atomic mass is 32.1. The number of nitrogens with one attached hydrogen (secondary N) is 5. The van der Waals surface area contributed by atoms with Crippen LogP contribution in [0.4, 0.5) is 0 Å². The predicted octanol–water partition coefficient (Wildman–Crippen LogP) is 0.0318. The van der Waals surface area contributed by atoms with E-state index in [9.17, 15) is 24.0 Å². The highest BCUT2D eigenvalue weighted by molar-refractivity contribution is 7.80. The van der Waals surface area contributed by atoms with Gasteiger partial charge in [-0.15, -0.1) is 0 Å². The number of carbonyl (C=O) groups is 5. The van der Waals surface area contributed by atoms with Crippen LogP contribution in [-0.2, 0) is 24.0 Å². The number of hydrogen-bond acceptors (Lipinski definition) is 7. The SMILES string of the molecule is CC[C@H](C)[C@@H]1NC(=O)[C@@H](CC(C)C)NC(=O)[C@H](C(C)C)NC(=O)[C@@H](CS)NC(=O)[C@@H](CS)NC1=O. The molecule has 35 heavy (non-hydrogen) atoms. The van der Waals surface area contributed by atoms with E-state index in [-0.39, 0.29) is 29.3 Å². The van der Waals surface area contributed by atoms with Crippen LogP contribution >= 0.6 is 25.3 Å². The second kappa shape index (κ2) is 14.6. The fraction of sp³-hybridized carbons (Fsp3) is 0.783. The van der Waals surface area contributed by atoms with E-state index in [4.69, 9.17) is 0 Å².